The second kappa shape index (κ2) is 10.1. The van der Waals surface area contributed by atoms with E-state index in [1.165, 1.54) is 0 Å². The number of benzene rings is 1. The van der Waals surface area contributed by atoms with E-state index < -0.39 is 0 Å². The molecule has 0 radical (unpaired) electrons. The van der Waals surface area contributed by atoms with Gasteiger partial charge in [0.05, 0.1) is 17.4 Å². The van der Waals surface area contributed by atoms with Gasteiger partial charge in [-0.2, -0.15) is 0 Å². The molecular weight excluding hydrogens is 449 g/mol. The summed E-state index contributed by atoms with van der Waals surface area (Å²) in [4.78, 5) is 20.8. The third-order valence-corrected chi connectivity index (χ3v) is 7.04. The van der Waals surface area contributed by atoms with Crippen molar-refractivity contribution in [2.75, 3.05) is 33.0 Å². The van der Waals surface area contributed by atoms with Crippen LogP contribution in [-0.4, -0.2) is 59.7 Å². The van der Waals surface area contributed by atoms with Gasteiger partial charge in [0.2, 0.25) is 5.91 Å². The highest BCUT2D eigenvalue weighted by Gasteiger charge is 2.31. The minimum atomic E-state index is 0.0567. The quantitative estimate of drug-likeness (QED) is 0.473. The molecule has 2 aromatic rings. The lowest BCUT2D eigenvalue weighted by atomic mass is 10.2. The lowest BCUT2D eigenvalue weighted by molar-refractivity contribution is -0.129. The number of thioether (sulfide) groups is 1. The number of rotatable bonds is 9. The topological polar surface area (TPSA) is 45.7 Å². The lowest BCUT2D eigenvalue weighted by Crippen LogP contribution is -2.38. The van der Waals surface area contributed by atoms with Crippen molar-refractivity contribution in [1.29, 1.82) is 0 Å². The van der Waals surface area contributed by atoms with Crippen LogP contribution in [0.2, 0.25) is 10.0 Å². The molecule has 1 fully saturated rings. The Labute approximate surface area is 189 Å². The van der Waals surface area contributed by atoms with E-state index in [0.29, 0.717) is 35.4 Å². The predicted molar refractivity (Wildman–Crippen MR) is 122 cm³/mol. The zero-order valence-corrected chi connectivity index (χ0v) is 19.5. The summed E-state index contributed by atoms with van der Waals surface area (Å²) in [5.41, 5.74) is 1.78. The van der Waals surface area contributed by atoms with Gasteiger partial charge in [-0.3, -0.25) is 4.79 Å². The van der Waals surface area contributed by atoms with Crippen LogP contribution in [0.3, 0.4) is 0 Å². The molecule has 9 heteroatoms. The normalized spacial score (nSPS) is 16.3. The van der Waals surface area contributed by atoms with E-state index in [0.717, 1.165) is 27.9 Å². The minimum Gasteiger partial charge on any atom is -0.491 e. The van der Waals surface area contributed by atoms with E-state index in [4.69, 9.17) is 27.9 Å². The van der Waals surface area contributed by atoms with Crippen molar-refractivity contribution in [2.24, 2.45) is 0 Å². The summed E-state index contributed by atoms with van der Waals surface area (Å²) < 4.78 is 6.84. The highest BCUT2D eigenvalue weighted by atomic mass is 35.5. The van der Waals surface area contributed by atoms with E-state index in [2.05, 4.69) is 11.6 Å². The Balaban J connectivity index is 1.51. The van der Waals surface area contributed by atoms with Crippen molar-refractivity contribution in [3.05, 3.63) is 45.9 Å². The van der Waals surface area contributed by atoms with E-state index in [-0.39, 0.29) is 11.9 Å². The summed E-state index contributed by atoms with van der Waals surface area (Å²) in [7, 11) is 3.90. The molecule has 3 rings (SSSR count). The van der Waals surface area contributed by atoms with Crippen molar-refractivity contribution >= 4 is 57.9 Å². The second-order valence-electron chi connectivity index (χ2n) is 6.88. The molecule has 1 aromatic carbocycles. The summed E-state index contributed by atoms with van der Waals surface area (Å²) >= 11 is 15.3. The smallest absolute Gasteiger partial charge is 0.223 e. The first-order chi connectivity index (χ1) is 13.8. The molecule has 2 heterocycles. The van der Waals surface area contributed by atoms with Crippen LogP contribution in [0, 0.1) is 0 Å². The van der Waals surface area contributed by atoms with Crippen LogP contribution in [0.15, 0.2) is 34.5 Å². The highest BCUT2D eigenvalue weighted by molar-refractivity contribution is 8.01. The van der Waals surface area contributed by atoms with E-state index in [1.807, 2.05) is 29.3 Å². The first kappa shape index (κ1) is 22.3. The summed E-state index contributed by atoms with van der Waals surface area (Å²) in [6.07, 6.45) is 1.35. The summed E-state index contributed by atoms with van der Waals surface area (Å²) in [6.45, 7) is 5.13. The number of halogens is 2. The minimum absolute atomic E-state index is 0.0567. The van der Waals surface area contributed by atoms with Crippen LogP contribution in [0.1, 0.15) is 18.5 Å². The van der Waals surface area contributed by atoms with Crippen molar-refractivity contribution in [2.45, 2.75) is 23.2 Å². The van der Waals surface area contributed by atoms with Gasteiger partial charge in [-0.25, -0.2) is 4.98 Å². The van der Waals surface area contributed by atoms with E-state index >= 15 is 0 Å². The Bertz CT molecular complexity index is 868. The molecule has 0 aliphatic carbocycles. The van der Waals surface area contributed by atoms with Gasteiger partial charge in [-0.15, -0.1) is 11.3 Å². The molecular formula is C20H23Cl2N3O2S2. The molecule has 1 aromatic heterocycles. The molecule has 0 saturated carbocycles. The van der Waals surface area contributed by atoms with E-state index in [9.17, 15) is 4.79 Å². The van der Waals surface area contributed by atoms with Gasteiger partial charge in [0.25, 0.3) is 0 Å². The number of thiazole rings is 1. The highest BCUT2D eigenvalue weighted by Crippen LogP contribution is 2.28. The summed E-state index contributed by atoms with van der Waals surface area (Å²) in [6, 6.07) is 5.18. The first-order valence-electron chi connectivity index (χ1n) is 9.17. The Morgan fingerprint density at radius 3 is 2.79 bits per heavy atom. The summed E-state index contributed by atoms with van der Waals surface area (Å²) in [5, 5.41) is 3.07. The number of carbonyl (C=O) groups excluding carboxylic acids is 1. The van der Waals surface area contributed by atoms with Gasteiger partial charge in [-0.05, 0) is 24.6 Å². The third-order valence-electron chi connectivity index (χ3n) is 4.61. The van der Waals surface area contributed by atoms with Gasteiger partial charge in [-0.1, -0.05) is 41.5 Å². The molecule has 1 atom stereocenters. The van der Waals surface area contributed by atoms with Crippen LogP contribution < -0.4 is 4.74 Å². The Hall–Kier alpha value is -1.41. The van der Waals surface area contributed by atoms with Crippen LogP contribution in [0.25, 0.3) is 5.70 Å². The zero-order chi connectivity index (χ0) is 21.0. The number of nitrogens with zero attached hydrogens (tertiary/aromatic N) is 3. The fourth-order valence-corrected chi connectivity index (χ4v) is 5.34. The SMILES string of the molecule is C=C(c1csc(SCCN2C(=O)CC[C@@H]2COc2cc(Cl)cc(Cl)c2)n1)N(C)C. The number of ether oxygens (including phenoxy) is 1. The number of carbonyl (C=O) groups is 1. The van der Waals surface area contributed by atoms with Crippen LogP contribution in [0.4, 0.5) is 0 Å². The van der Waals surface area contributed by atoms with Crippen molar-refractivity contribution in [3.8, 4) is 5.75 Å². The molecule has 0 unspecified atom stereocenters. The van der Waals surface area contributed by atoms with Gasteiger partial charge in [0.1, 0.15) is 12.4 Å². The van der Waals surface area contributed by atoms with E-state index in [1.54, 1.807) is 41.3 Å². The third kappa shape index (κ3) is 6.04. The molecule has 1 amide bonds. The maximum absolute atomic E-state index is 12.3. The molecule has 0 spiro atoms. The molecule has 1 saturated heterocycles. The lowest BCUT2D eigenvalue weighted by Gasteiger charge is -2.24. The molecule has 0 bridgehead atoms. The van der Waals surface area contributed by atoms with Crippen molar-refractivity contribution < 1.29 is 9.53 Å². The number of hydrogen-bond donors (Lipinski definition) is 0. The Morgan fingerprint density at radius 2 is 2.10 bits per heavy atom. The molecule has 156 valence electrons. The number of aromatic nitrogens is 1. The second-order valence-corrected chi connectivity index (χ2v) is 9.96. The fraction of sp³-hybridized carbons (Fsp3) is 0.400. The number of amides is 1. The predicted octanol–water partition coefficient (Wildman–Crippen LogP) is 5.14. The maximum Gasteiger partial charge on any atom is 0.223 e. The standard InChI is InChI=1S/C20H23Cl2N3O2S2/c1-13(24(2)3)18-12-29-20(23-18)28-7-6-25-16(4-5-19(25)26)11-27-17-9-14(21)8-15(22)10-17/h8-10,12,16H,1,4-7,11H2,2-3H3/t16-/m1/s1. The van der Waals surface area contributed by atoms with Crippen LogP contribution >= 0.6 is 46.3 Å². The zero-order valence-electron chi connectivity index (χ0n) is 16.4. The molecule has 29 heavy (non-hydrogen) atoms. The maximum atomic E-state index is 12.3. The van der Waals surface area contributed by atoms with Crippen LogP contribution in [0.5, 0.6) is 5.75 Å². The molecule has 5 nitrogen and oxygen atoms in total. The Morgan fingerprint density at radius 1 is 1.38 bits per heavy atom. The fourth-order valence-electron chi connectivity index (χ4n) is 2.99. The summed E-state index contributed by atoms with van der Waals surface area (Å²) in [5.74, 6) is 1.57. The van der Waals surface area contributed by atoms with Gasteiger partial charge < -0.3 is 14.5 Å². The average molecular weight is 472 g/mol. The van der Waals surface area contributed by atoms with Gasteiger partial charge in [0.15, 0.2) is 4.34 Å². The van der Waals surface area contributed by atoms with Crippen molar-refractivity contribution in [3.63, 3.8) is 0 Å². The van der Waals surface area contributed by atoms with Gasteiger partial charge in [0, 0.05) is 48.2 Å². The van der Waals surface area contributed by atoms with Crippen molar-refractivity contribution in [1.82, 2.24) is 14.8 Å². The van der Waals surface area contributed by atoms with Gasteiger partial charge >= 0.3 is 0 Å². The monoisotopic (exact) mass is 471 g/mol. The molecule has 1 aliphatic rings. The molecule has 1 aliphatic heterocycles. The van der Waals surface area contributed by atoms with Crippen LogP contribution in [-0.2, 0) is 4.79 Å². The Kier molecular flexibility index (Phi) is 7.73. The molecule has 0 N–H and O–H groups in total. The number of hydrogen-bond acceptors (Lipinski definition) is 6. The average Bonchev–Trinajstić information content (AvgIpc) is 3.26. The number of likely N-dealkylation sites (tertiary alicyclic amines) is 1. The largest absolute Gasteiger partial charge is 0.491 e. The first-order valence-corrected chi connectivity index (χ1v) is 11.8.